The molecule has 0 saturated heterocycles. The third-order valence-corrected chi connectivity index (χ3v) is 6.83. The van der Waals surface area contributed by atoms with Crippen molar-refractivity contribution in [1.82, 2.24) is 5.32 Å². The van der Waals surface area contributed by atoms with Crippen LogP contribution in [0.4, 0.5) is 16.2 Å². The molecule has 0 aliphatic carbocycles. The monoisotopic (exact) mass is 570 g/mol. The molecule has 200 valence electrons. The predicted octanol–water partition coefficient (Wildman–Crippen LogP) is 6.52. The average molecular weight is 571 g/mol. The highest BCUT2D eigenvalue weighted by molar-refractivity contribution is 6.35. The number of ketones is 1. The van der Waals surface area contributed by atoms with Gasteiger partial charge in [-0.2, -0.15) is 0 Å². The first-order chi connectivity index (χ1) is 19.3. The molecule has 0 bridgehead atoms. The van der Waals surface area contributed by atoms with E-state index in [1.165, 1.54) is 23.1 Å². The van der Waals surface area contributed by atoms with E-state index in [1.54, 1.807) is 24.3 Å². The van der Waals surface area contributed by atoms with Crippen LogP contribution >= 0.6 is 23.2 Å². The highest BCUT2D eigenvalue weighted by atomic mass is 35.5. The molecule has 40 heavy (non-hydrogen) atoms. The summed E-state index contributed by atoms with van der Waals surface area (Å²) in [6.45, 7) is 1.61. The number of aryl methyl sites for hydroxylation is 1. The molecule has 0 saturated carbocycles. The maximum absolute atomic E-state index is 14.0. The summed E-state index contributed by atoms with van der Waals surface area (Å²) in [5, 5.41) is 5.99. The number of nitrogens with zero attached hydrogens (tertiary/aromatic N) is 2. The van der Waals surface area contributed by atoms with Gasteiger partial charge in [0.25, 0.3) is 5.91 Å². The highest BCUT2D eigenvalue weighted by Crippen LogP contribution is 2.29. The number of fused-ring (bicyclic) bond motifs is 1. The zero-order valence-electron chi connectivity index (χ0n) is 21.4. The van der Waals surface area contributed by atoms with E-state index >= 15 is 0 Å². The van der Waals surface area contributed by atoms with Gasteiger partial charge in [-0.1, -0.05) is 96.0 Å². The quantitative estimate of drug-likeness (QED) is 0.258. The van der Waals surface area contributed by atoms with Crippen molar-refractivity contribution in [3.05, 3.63) is 129 Å². The molecule has 0 spiro atoms. The lowest BCUT2D eigenvalue weighted by Crippen LogP contribution is -2.50. The normalized spacial score (nSPS) is 14.6. The van der Waals surface area contributed by atoms with Gasteiger partial charge in [0.2, 0.25) is 6.17 Å². The summed E-state index contributed by atoms with van der Waals surface area (Å²) in [7, 11) is 0. The standard InChI is InChI=1S/C31H24Cl2N4O3/c1-19-9-5-6-12-24(19)27(38)18-37-26-14-8-7-13-25(26)28(20-10-3-2-4-11-20)35-29(30(37)39)36-31(40)34-23-16-21(32)15-22(33)17-23/h2-17,29H,18H2,1H3,(H2,34,36,40). The maximum atomic E-state index is 14.0. The number of benzene rings is 4. The Labute approximate surface area is 241 Å². The first kappa shape index (κ1) is 27.1. The number of anilines is 2. The van der Waals surface area contributed by atoms with Gasteiger partial charge in [-0.25, -0.2) is 9.79 Å². The van der Waals surface area contributed by atoms with Crippen LogP contribution in [0.2, 0.25) is 10.0 Å². The summed E-state index contributed by atoms with van der Waals surface area (Å²) in [6.07, 6.45) is -1.33. The molecule has 9 heteroatoms. The van der Waals surface area contributed by atoms with Crippen molar-refractivity contribution in [3.8, 4) is 0 Å². The van der Waals surface area contributed by atoms with E-state index in [2.05, 4.69) is 10.6 Å². The summed E-state index contributed by atoms with van der Waals surface area (Å²) in [6, 6.07) is 27.7. The third kappa shape index (κ3) is 5.91. The Bertz CT molecular complexity index is 1620. The van der Waals surface area contributed by atoms with Gasteiger partial charge in [0.05, 0.1) is 17.9 Å². The van der Waals surface area contributed by atoms with Crippen LogP contribution in [0.5, 0.6) is 0 Å². The van der Waals surface area contributed by atoms with E-state index in [-0.39, 0.29) is 12.3 Å². The topological polar surface area (TPSA) is 90.9 Å². The second-order valence-corrected chi connectivity index (χ2v) is 10.1. The maximum Gasteiger partial charge on any atom is 0.321 e. The molecule has 1 heterocycles. The molecular formula is C31H24Cl2N4O3. The van der Waals surface area contributed by atoms with Crippen LogP contribution in [0.3, 0.4) is 0 Å². The molecule has 1 unspecified atom stereocenters. The van der Waals surface area contributed by atoms with Crippen molar-refractivity contribution in [2.24, 2.45) is 4.99 Å². The predicted molar refractivity (Wildman–Crippen MR) is 159 cm³/mol. The number of urea groups is 1. The van der Waals surface area contributed by atoms with Gasteiger partial charge in [-0.05, 0) is 36.8 Å². The summed E-state index contributed by atoms with van der Waals surface area (Å²) in [5.74, 6) is -0.791. The zero-order valence-corrected chi connectivity index (χ0v) is 22.9. The van der Waals surface area contributed by atoms with Crippen LogP contribution in [0.1, 0.15) is 27.0 Å². The Morgan fingerprint density at radius 3 is 2.25 bits per heavy atom. The lowest BCUT2D eigenvalue weighted by Gasteiger charge is -2.25. The minimum atomic E-state index is -1.33. The number of para-hydroxylation sites is 1. The Morgan fingerprint density at radius 1 is 0.875 bits per heavy atom. The van der Waals surface area contributed by atoms with Crippen molar-refractivity contribution in [2.45, 2.75) is 13.1 Å². The SMILES string of the molecule is Cc1ccccc1C(=O)CN1C(=O)C(NC(=O)Nc2cc(Cl)cc(Cl)c2)N=C(c2ccccc2)c2ccccc21. The van der Waals surface area contributed by atoms with Crippen LogP contribution < -0.4 is 15.5 Å². The number of carbonyl (C=O) groups excluding carboxylic acids is 3. The Kier molecular flexibility index (Phi) is 7.96. The van der Waals surface area contributed by atoms with Crippen LogP contribution in [-0.4, -0.2) is 36.1 Å². The lowest BCUT2D eigenvalue weighted by atomic mass is 9.99. The van der Waals surface area contributed by atoms with Crippen LogP contribution in [0, 0.1) is 6.92 Å². The fraction of sp³-hybridized carbons (Fsp3) is 0.0968. The van der Waals surface area contributed by atoms with Crippen molar-refractivity contribution in [2.75, 3.05) is 16.8 Å². The molecule has 2 N–H and O–H groups in total. The second-order valence-electron chi connectivity index (χ2n) is 9.18. The van der Waals surface area contributed by atoms with E-state index in [0.29, 0.717) is 38.3 Å². The van der Waals surface area contributed by atoms with Gasteiger partial charge in [0, 0.05) is 32.4 Å². The lowest BCUT2D eigenvalue weighted by molar-refractivity contribution is -0.120. The number of amides is 3. The minimum absolute atomic E-state index is 0.234. The van der Waals surface area contributed by atoms with Gasteiger partial charge < -0.3 is 15.5 Å². The van der Waals surface area contributed by atoms with Crippen molar-refractivity contribution >= 4 is 58.0 Å². The number of aliphatic imine (C=N–C) groups is 1. The summed E-state index contributed by atoms with van der Waals surface area (Å²) in [5.41, 5.74) is 4.10. The van der Waals surface area contributed by atoms with Gasteiger partial charge in [0.15, 0.2) is 5.78 Å². The van der Waals surface area contributed by atoms with Crippen LogP contribution in [-0.2, 0) is 4.79 Å². The number of halogens is 2. The highest BCUT2D eigenvalue weighted by Gasteiger charge is 2.34. The molecule has 1 aliphatic heterocycles. The van der Waals surface area contributed by atoms with E-state index < -0.39 is 18.1 Å². The van der Waals surface area contributed by atoms with Gasteiger partial charge in [-0.3, -0.25) is 9.59 Å². The number of benzodiazepines with no additional fused rings is 1. The third-order valence-electron chi connectivity index (χ3n) is 6.39. The average Bonchev–Trinajstić information content (AvgIpc) is 3.04. The molecule has 0 radical (unpaired) electrons. The van der Waals surface area contributed by atoms with Crippen LogP contribution in [0.15, 0.2) is 102 Å². The molecule has 3 amide bonds. The second kappa shape index (κ2) is 11.7. The van der Waals surface area contributed by atoms with Crippen molar-refractivity contribution in [3.63, 3.8) is 0 Å². The molecule has 0 aromatic heterocycles. The van der Waals surface area contributed by atoms with E-state index in [9.17, 15) is 14.4 Å². The summed E-state index contributed by atoms with van der Waals surface area (Å²) in [4.78, 5) is 46.6. The number of rotatable bonds is 6. The number of carbonyl (C=O) groups is 3. The van der Waals surface area contributed by atoms with E-state index in [0.717, 1.165) is 11.1 Å². The van der Waals surface area contributed by atoms with E-state index in [1.807, 2.05) is 61.5 Å². The number of Topliss-reactive ketones (excluding diaryl/α,β-unsaturated/α-hetero) is 1. The number of hydrogen-bond acceptors (Lipinski definition) is 4. The Balaban J connectivity index is 1.54. The van der Waals surface area contributed by atoms with Gasteiger partial charge >= 0.3 is 6.03 Å². The zero-order chi connectivity index (χ0) is 28.2. The summed E-state index contributed by atoms with van der Waals surface area (Å²) < 4.78 is 0. The Morgan fingerprint density at radius 2 is 1.52 bits per heavy atom. The smallest absolute Gasteiger partial charge is 0.308 e. The molecule has 7 nitrogen and oxygen atoms in total. The number of hydrogen-bond donors (Lipinski definition) is 2. The first-order valence-electron chi connectivity index (χ1n) is 12.5. The molecular weight excluding hydrogens is 547 g/mol. The van der Waals surface area contributed by atoms with Gasteiger partial charge in [0.1, 0.15) is 0 Å². The van der Waals surface area contributed by atoms with Crippen molar-refractivity contribution < 1.29 is 14.4 Å². The first-order valence-corrected chi connectivity index (χ1v) is 13.2. The molecule has 1 atom stereocenters. The van der Waals surface area contributed by atoms with E-state index in [4.69, 9.17) is 28.2 Å². The molecule has 4 aromatic rings. The molecule has 5 rings (SSSR count). The van der Waals surface area contributed by atoms with Crippen molar-refractivity contribution in [1.29, 1.82) is 0 Å². The minimum Gasteiger partial charge on any atom is -0.308 e. The number of nitrogens with one attached hydrogen (secondary N) is 2. The van der Waals surface area contributed by atoms with Gasteiger partial charge in [-0.15, -0.1) is 0 Å². The molecule has 1 aliphatic rings. The fourth-order valence-electron chi connectivity index (χ4n) is 4.54. The molecule has 0 fully saturated rings. The summed E-state index contributed by atoms with van der Waals surface area (Å²) >= 11 is 12.1. The Hall–Kier alpha value is -4.46. The van der Waals surface area contributed by atoms with Crippen LogP contribution in [0.25, 0.3) is 0 Å². The molecule has 4 aromatic carbocycles. The fourth-order valence-corrected chi connectivity index (χ4v) is 5.07. The largest absolute Gasteiger partial charge is 0.321 e.